The summed E-state index contributed by atoms with van der Waals surface area (Å²) in [5.74, 6) is 0. The Balaban J connectivity index is 2.28. The maximum absolute atomic E-state index is 6.33. The molecule has 19 heavy (non-hydrogen) atoms. The van der Waals surface area contributed by atoms with E-state index in [1.54, 1.807) is 0 Å². The van der Waals surface area contributed by atoms with Crippen molar-refractivity contribution >= 4 is 29.9 Å². The molecule has 0 fully saturated rings. The van der Waals surface area contributed by atoms with E-state index in [0.29, 0.717) is 0 Å². The van der Waals surface area contributed by atoms with E-state index in [-0.39, 0.29) is 0 Å². The van der Waals surface area contributed by atoms with Crippen molar-refractivity contribution in [3.8, 4) is 0 Å². The van der Waals surface area contributed by atoms with Gasteiger partial charge < -0.3 is 15.8 Å². The lowest BCUT2D eigenvalue weighted by molar-refractivity contribution is 1.12. The molecular weight excluding hydrogens is 254 g/mol. The van der Waals surface area contributed by atoms with Gasteiger partial charge in [0, 0.05) is 23.4 Å². The van der Waals surface area contributed by atoms with Crippen molar-refractivity contribution in [1.29, 1.82) is 0 Å². The van der Waals surface area contributed by atoms with Gasteiger partial charge in [-0.2, -0.15) is 0 Å². The Hall–Kier alpha value is -2.07. The average Bonchev–Trinajstić information content (AvgIpc) is 2.46. The summed E-state index contributed by atoms with van der Waals surface area (Å²) < 4.78 is 2.93. The summed E-state index contributed by atoms with van der Waals surface area (Å²) in [4.78, 5) is 0. The van der Waals surface area contributed by atoms with Crippen LogP contribution in [0.5, 0.6) is 0 Å². The zero-order chi connectivity index (χ0) is 13.2. The van der Waals surface area contributed by atoms with Crippen molar-refractivity contribution in [2.45, 2.75) is 6.54 Å². The summed E-state index contributed by atoms with van der Waals surface area (Å²) in [7, 11) is 0. The van der Waals surface area contributed by atoms with E-state index >= 15 is 0 Å². The molecule has 96 valence electrons. The quantitative estimate of drug-likeness (QED) is 0.602. The van der Waals surface area contributed by atoms with Crippen molar-refractivity contribution in [3.63, 3.8) is 0 Å². The molecule has 2 aromatic carbocycles. The number of hydrogen-bond donors (Lipinski definition) is 4. The molecule has 0 aliphatic carbocycles. The maximum Gasteiger partial charge on any atom is 0.0771 e. The third kappa shape index (κ3) is 2.04. The number of hydrogen-bond acceptors (Lipinski definition) is 4. The first-order valence-electron chi connectivity index (χ1n) is 6.12. The molecule has 3 rings (SSSR count). The number of fused-ring (bicyclic) bond motifs is 2. The van der Waals surface area contributed by atoms with E-state index in [0.717, 1.165) is 34.8 Å². The number of thiol groups is 1. The van der Waals surface area contributed by atoms with Gasteiger partial charge in [-0.25, -0.2) is 0 Å². The lowest BCUT2D eigenvalue weighted by atomic mass is 9.98. The summed E-state index contributed by atoms with van der Waals surface area (Å²) in [6, 6.07) is 16.2. The molecule has 0 aromatic heterocycles. The third-order valence-electron chi connectivity index (χ3n) is 3.35. The summed E-state index contributed by atoms with van der Waals surface area (Å²) in [6.07, 6.45) is 0. The van der Waals surface area contributed by atoms with Gasteiger partial charge in [-0.15, -0.1) is 0 Å². The van der Waals surface area contributed by atoms with Crippen LogP contribution in [0.2, 0.25) is 0 Å². The minimum Gasteiger partial charge on any atom is -0.397 e. The molecule has 0 unspecified atom stereocenters. The van der Waals surface area contributed by atoms with Gasteiger partial charge in [-0.1, -0.05) is 55.3 Å². The van der Waals surface area contributed by atoms with Crippen LogP contribution in [-0.2, 0) is 6.54 Å². The predicted octanol–water partition coefficient (Wildman–Crippen LogP) is 2.83. The van der Waals surface area contributed by atoms with Crippen molar-refractivity contribution in [3.05, 3.63) is 65.2 Å². The molecule has 0 bridgehead atoms. The summed E-state index contributed by atoms with van der Waals surface area (Å²) in [6.45, 7) is 0.758. The van der Waals surface area contributed by atoms with E-state index < -0.39 is 0 Å². The van der Waals surface area contributed by atoms with Crippen LogP contribution in [0.25, 0.3) is 11.4 Å². The van der Waals surface area contributed by atoms with Crippen molar-refractivity contribution in [1.82, 2.24) is 4.72 Å². The zero-order valence-corrected chi connectivity index (χ0v) is 11.2. The highest BCUT2D eigenvalue weighted by atomic mass is 32.1. The van der Waals surface area contributed by atoms with Crippen molar-refractivity contribution in [2.75, 3.05) is 5.32 Å². The van der Waals surface area contributed by atoms with Crippen molar-refractivity contribution in [2.24, 2.45) is 5.73 Å². The van der Waals surface area contributed by atoms with Crippen LogP contribution in [0.4, 0.5) is 5.69 Å². The molecule has 3 nitrogen and oxygen atoms in total. The number of rotatable bonds is 1. The Morgan fingerprint density at radius 1 is 1.00 bits per heavy atom. The molecule has 1 aliphatic rings. The van der Waals surface area contributed by atoms with E-state index in [1.807, 2.05) is 42.5 Å². The lowest BCUT2D eigenvalue weighted by Crippen LogP contribution is -2.16. The van der Waals surface area contributed by atoms with Crippen LogP contribution in [-0.4, -0.2) is 0 Å². The minimum absolute atomic E-state index is 0.722. The molecule has 1 aliphatic heterocycles. The SMILES string of the molecule is N/C1=C(\NS)c2ccccc2NCc2ccccc21. The van der Waals surface area contributed by atoms with Gasteiger partial charge in [0.05, 0.1) is 11.4 Å². The van der Waals surface area contributed by atoms with Crippen LogP contribution in [0, 0.1) is 0 Å². The van der Waals surface area contributed by atoms with Gasteiger partial charge >= 0.3 is 0 Å². The second kappa shape index (κ2) is 4.90. The second-order valence-electron chi connectivity index (χ2n) is 4.46. The molecule has 0 atom stereocenters. The summed E-state index contributed by atoms with van der Waals surface area (Å²) >= 11 is 4.21. The third-order valence-corrected chi connectivity index (χ3v) is 3.58. The molecule has 0 saturated heterocycles. The van der Waals surface area contributed by atoms with Crippen LogP contribution in [0.3, 0.4) is 0 Å². The fourth-order valence-electron chi connectivity index (χ4n) is 2.38. The number of nitrogens with one attached hydrogen (secondary N) is 2. The Bertz CT molecular complexity index is 649. The molecule has 0 amide bonds. The van der Waals surface area contributed by atoms with Gasteiger partial charge in [-0.3, -0.25) is 0 Å². The van der Waals surface area contributed by atoms with Crippen LogP contribution in [0.15, 0.2) is 48.5 Å². The molecular formula is C15H15N3S. The lowest BCUT2D eigenvalue weighted by Gasteiger charge is -2.21. The van der Waals surface area contributed by atoms with E-state index in [9.17, 15) is 0 Å². The molecule has 0 saturated carbocycles. The molecule has 0 spiro atoms. The van der Waals surface area contributed by atoms with E-state index in [1.165, 1.54) is 5.56 Å². The maximum atomic E-state index is 6.33. The number of nitrogens with two attached hydrogens (primary N) is 1. The fourth-order valence-corrected chi connectivity index (χ4v) is 2.62. The smallest absolute Gasteiger partial charge is 0.0771 e. The Morgan fingerprint density at radius 2 is 1.68 bits per heavy atom. The summed E-state index contributed by atoms with van der Waals surface area (Å²) in [5.41, 5.74) is 12.2. The summed E-state index contributed by atoms with van der Waals surface area (Å²) in [5, 5.41) is 3.44. The first-order valence-corrected chi connectivity index (χ1v) is 6.57. The number of para-hydroxylation sites is 1. The van der Waals surface area contributed by atoms with Gasteiger partial charge in [0.2, 0.25) is 0 Å². The van der Waals surface area contributed by atoms with Crippen LogP contribution < -0.4 is 15.8 Å². The van der Waals surface area contributed by atoms with E-state index in [4.69, 9.17) is 5.73 Å². The highest BCUT2D eigenvalue weighted by Gasteiger charge is 2.16. The first kappa shape index (κ1) is 12.0. The topological polar surface area (TPSA) is 50.1 Å². The molecule has 1 heterocycles. The van der Waals surface area contributed by atoms with Crippen molar-refractivity contribution < 1.29 is 0 Å². The molecule has 4 N–H and O–H groups in total. The average molecular weight is 269 g/mol. The number of anilines is 1. The minimum atomic E-state index is 0.722. The predicted molar refractivity (Wildman–Crippen MR) is 83.3 cm³/mol. The zero-order valence-electron chi connectivity index (χ0n) is 10.4. The molecule has 0 radical (unpaired) electrons. The van der Waals surface area contributed by atoms with Gasteiger partial charge in [0.15, 0.2) is 0 Å². The first-order chi connectivity index (χ1) is 9.31. The second-order valence-corrected chi connectivity index (χ2v) is 4.68. The highest BCUT2D eigenvalue weighted by Crippen LogP contribution is 2.31. The standard InChI is InChI=1S/C15H15N3S/c16-14-11-6-2-1-5-10(11)9-17-13-8-4-3-7-12(13)15(14)18-19/h1-8,17-19H,9,16H2/b15-14-. The molecule has 2 aromatic rings. The van der Waals surface area contributed by atoms with Gasteiger partial charge in [0.1, 0.15) is 0 Å². The largest absolute Gasteiger partial charge is 0.397 e. The fraction of sp³-hybridized carbons (Fsp3) is 0.0667. The Labute approximate surface area is 118 Å². The van der Waals surface area contributed by atoms with Crippen LogP contribution >= 0.6 is 12.8 Å². The van der Waals surface area contributed by atoms with Crippen LogP contribution in [0.1, 0.15) is 16.7 Å². The van der Waals surface area contributed by atoms with E-state index in [2.05, 4.69) is 28.9 Å². The normalized spacial score (nSPS) is 17.5. The number of benzene rings is 2. The Morgan fingerprint density at radius 3 is 2.47 bits per heavy atom. The molecule has 4 heteroatoms. The van der Waals surface area contributed by atoms with Gasteiger partial charge in [0.25, 0.3) is 0 Å². The van der Waals surface area contributed by atoms with Gasteiger partial charge in [-0.05, 0) is 11.6 Å². The monoisotopic (exact) mass is 269 g/mol. The highest BCUT2D eigenvalue weighted by molar-refractivity contribution is 7.78. The Kier molecular flexibility index (Phi) is 3.09.